The Hall–Kier alpha value is -2.86. The molecule has 2 atom stereocenters. The summed E-state index contributed by atoms with van der Waals surface area (Å²) < 4.78 is 6.13. The molecule has 1 saturated carbocycles. The van der Waals surface area contributed by atoms with Crippen molar-refractivity contribution in [1.82, 2.24) is 4.90 Å². The number of amides is 2. The summed E-state index contributed by atoms with van der Waals surface area (Å²) in [6, 6.07) is 14.3. The first-order valence-corrected chi connectivity index (χ1v) is 11.8. The Morgan fingerprint density at radius 2 is 1.72 bits per heavy atom. The van der Waals surface area contributed by atoms with E-state index in [0.717, 1.165) is 60.8 Å². The molecule has 32 heavy (non-hydrogen) atoms. The Bertz CT molecular complexity index is 1030. The number of carbonyl (C=O) groups excluding carboxylic acids is 2. The van der Waals surface area contributed by atoms with Crippen LogP contribution < -0.4 is 11.5 Å². The van der Waals surface area contributed by atoms with Gasteiger partial charge in [0.15, 0.2) is 6.10 Å². The molecule has 5 rings (SSSR count). The summed E-state index contributed by atoms with van der Waals surface area (Å²) in [7, 11) is 0. The van der Waals surface area contributed by atoms with Gasteiger partial charge in [-0.05, 0) is 67.6 Å². The first-order valence-electron chi connectivity index (χ1n) is 11.8. The van der Waals surface area contributed by atoms with Gasteiger partial charge in [-0.15, -0.1) is 0 Å². The van der Waals surface area contributed by atoms with Gasteiger partial charge in [0.25, 0.3) is 0 Å². The summed E-state index contributed by atoms with van der Waals surface area (Å²) >= 11 is 0. The second kappa shape index (κ2) is 8.58. The molecule has 1 saturated heterocycles. The van der Waals surface area contributed by atoms with Crippen molar-refractivity contribution >= 4 is 12.0 Å². The van der Waals surface area contributed by atoms with Crippen LogP contribution in [0.25, 0.3) is 11.1 Å². The van der Waals surface area contributed by atoms with Crippen LogP contribution in [0, 0.1) is 5.92 Å². The number of likely N-dealkylation sites (tertiary alicyclic amines) is 1. The van der Waals surface area contributed by atoms with Crippen molar-refractivity contribution in [3.8, 4) is 11.1 Å². The second-order valence-corrected chi connectivity index (χ2v) is 9.47. The number of fused-ring (bicyclic) bond motifs is 3. The number of ether oxygens (including phenoxy) is 1. The highest BCUT2D eigenvalue weighted by Crippen LogP contribution is 2.48. The highest BCUT2D eigenvalue weighted by atomic mass is 16.6. The number of benzene rings is 2. The van der Waals surface area contributed by atoms with Crippen LogP contribution in [0.15, 0.2) is 42.5 Å². The van der Waals surface area contributed by atoms with Crippen molar-refractivity contribution in [1.29, 1.82) is 0 Å². The van der Waals surface area contributed by atoms with E-state index in [0.29, 0.717) is 24.9 Å². The molecule has 2 aromatic carbocycles. The summed E-state index contributed by atoms with van der Waals surface area (Å²) in [5.41, 5.74) is 17.2. The maximum Gasteiger partial charge on any atom is 0.411 e. The Morgan fingerprint density at radius 3 is 2.50 bits per heavy atom. The minimum absolute atomic E-state index is 0.323. The standard InChI is InChI=1S/C26H31N3O3/c27-18-12-10-16(11-13-18)15-17-5-3-8-20-19-6-1-2-7-21(19)24(23(17)20)32-26(31)29-14-4-9-22(29)25(28)30/h1-3,5-8,16,18,22,24H,4,9-15,27H2,(H2,28,30)/t16?,18?,22-,24?/m0/s1. The molecule has 4 N–H and O–H groups in total. The fraction of sp³-hybridized carbons (Fsp3) is 0.462. The summed E-state index contributed by atoms with van der Waals surface area (Å²) in [5.74, 6) is 0.127. The number of nitrogens with two attached hydrogens (primary N) is 2. The number of rotatable bonds is 4. The van der Waals surface area contributed by atoms with Crippen molar-refractivity contribution in [3.05, 3.63) is 59.2 Å². The van der Waals surface area contributed by atoms with Gasteiger partial charge < -0.3 is 16.2 Å². The van der Waals surface area contributed by atoms with Gasteiger partial charge in [0, 0.05) is 23.7 Å². The zero-order valence-electron chi connectivity index (χ0n) is 18.3. The summed E-state index contributed by atoms with van der Waals surface area (Å²) in [4.78, 5) is 26.5. The molecule has 0 aromatic heterocycles. The van der Waals surface area contributed by atoms with Crippen molar-refractivity contribution in [2.45, 2.75) is 63.1 Å². The van der Waals surface area contributed by atoms with Crippen LogP contribution in [0.4, 0.5) is 4.79 Å². The van der Waals surface area contributed by atoms with E-state index in [1.54, 1.807) is 0 Å². The van der Waals surface area contributed by atoms with Gasteiger partial charge >= 0.3 is 6.09 Å². The molecule has 2 aromatic rings. The van der Waals surface area contributed by atoms with Crippen LogP contribution in [0.3, 0.4) is 0 Å². The predicted octanol–water partition coefficient (Wildman–Crippen LogP) is 3.90. The van der Waals surface area contributed by atoms with Crippen LogP contribution in [0.2, 0.25) is 0 Å². The molecule has 1 heterocycles. The fourth-order valence-electron chi connectivity index (χ4n) is 5.74. The van der Waals surface area contributed by atoms with E-state index in [2.05, 4.69) is 24.3 Å². The van der Waals surface area contributed by atoms with E-state index in [1.807, 2.05) is 18.2 Å². The molecule has 168 valence electrons. The predicted molar refractivity (Wildman–Crippen MR) is 123 cm³/mol. The lowest BCUT2D eigenvalue weighted by Gasteiger charge is -2.28. The lowest BCUT2D eigenvalue weighted by molar-refractivity contribution is -0.122. The molecule has 6 nitrogen and oxygen atoms in total. The maximum atomic E-state index is 13.2. The minimum atomic E-state index is -0.583. The first-order chi connectivity index (χ1) is 15.5. The van der Waals surface area contributed by atoms with Crippen LogP contribution in [0.1, 0.15) is 61.3 Å². The average Bonchev–Trinajstić information content (AvgIpc) is 3.40. The Kier molecular flexibility index (Phi) is 5.64. The molecule has 0 spiro atoms. The number of hydrogen-bond donors (Lipinski definition) is 2. The quantitative estimate of drug-likeness (QED) is 0.764. The normalized spacial score (nSPS) is 26.5. The maximum absolute atomic E-state index is 13.2. The molecule has 1 aliphatic heterocycles. The van der Waals surface area contributed by atoms with E-state index in [9.17, 15) is 9.59 Å². The van der Waals surface area contributed by atoms with E-state index >= 15 is 0 Å². The molecule has 6 heteroatoms. The van der Waals surface area contributed by atoms with Gasteiger partial charge in [0.2, 0.25) is 5.91 Å². The zero-order valence-corrected chi connectivity index (χ0v) is 18.3. The van der Waals surface area contributed by atoms with Gasteiger partial charge in [0.1, 0.15) is 6.04 Å². The molecule has 0 bridgehead atoms. The van der Waals surface area contributed by atoms with Gasteiger partial charge in [-0.1, -0.05) is 42.5 Å². The number of carbonyl (C=O) groups is 2. The number of hydrogen-bond acceptors (Lipinski definition) is 4. The van der Waals surface area contributed by atoms with E-state index in [1.165, 1.54) is 10.5 Å². The van der Waals surface area contributed by atoms with E-state index in [-0.39, 0.29) is 0 Å². The van der Waals surface area contributed by atoms with Crippen LogP contribution >= 0.6 is 0 Å². The monoisotopic (exact) mass is 433 g/mol. The molecule has 1 unspecified atom stereocenters. The average molecular weight is 434 g/mol. The molecule has 3 aliphatic rings. The Balaban J connectivity index is 1.46. The van der Waals surface area contributed by atoms with Crippen LogP contribution in [-0.4, -0.2) is 35.5 Å². The summed E-state index contributed by atoms with van der Waals surface area (Å²) in [6.45, 7) is 0.498. The lowest BCUT2D eigenvalue weighted by atomic mass is 9.81. The summed E-state index contributed by atoms with van der Waals surface area (Å²) in [6.07, 6.45) is 5.80. The summed E-state index contributed by atoms with van der Waals surface area (Å²) in [5, 5.41) is 0. The van der Waals surface area contributed by atoms with Crippen molar-refractivity contribution in [2.24, 2.45) is 17.4 Å². The third-order valence-corrected chi connectivity index (χ3v) is 7.43. The first kappa shape index (κ1) is 21.0. The third-order valence-electron chi connectivity index (χ3n) is 7.43. The highest BCUT2D eigenvalue weighted by Gasteiger charge is 2.39. The lowest BCUT2D eigenvalue weighted by Crippen LogP contribution is -2.44. The minimum Gasteiger partial charge on any atom is -0.436 e. The molecule has 2 amide bonds. The van der Waals surface area contributed by atoms with E-state index < -0.39 is 24.1 Å². The topological polar surface area (TPSA) is 98.7 Å². The van der Waals surface area contributed by atoms with E-state index in [4.69, 9.17) is 16.2 Å². The van der Waals surface area contributed by atoms with Gasteiger partial charge in [-0.3, -0.25) is 9.69 Å². The number of nitrogens with zero attached hydrogens (tertiary/aromatic N) is 1. The van der Waals surface area contributed by atoms with Gasteiger partial charge in [-0.2, -0.15) is 0 Å². The fourth-order valence-corrected chi connectivity index (χ4v) is 5.74. The van der Waals surface area contributed by atoms with Crippen LogP contribution in [-0.2, 0) is 16.0 Å². The number of primary amides is 1. The smallest absolute Gasteiger partial charge is 0.411 e. The Morgan fingerprint density at radius 1 is 0.969 bits per heavy atom. The highest BCUT2D eigenvalue weighted by molar-refractivity contribution is 5.86. The molecule has 2 fully saturated rings. The third kappa shape index (κ3) is 3.77. The Labute approximate surface area is 188 Å². The van der Waals surface area contributed by atoms with Crippen molar-refractivity contribution in [2.75, 3.05) is 6.54 Å². The molecule has 0 radical (unpaired) electrons. The van der Waals surface area contributed by atoms with Crippen molar-refractivity contribution in [3.63, 3.8) is 0 Å². The van der Waals surface area contributed by atoms with Crippen LogP contribution in [0.5, 0.6) is 0 Å². The molecular formula is C26H31N3O3. The molecular weight excluding hydrogens is 402 g/mol. The van der Waals surface area contributed by atoms with Crippen molar-refractivity contribution < 1.29 is 14.3 Å². The second-order valence-electron chi connectivity index (χ2n) is 9.47. The molecule has 2 aliphatic carbocycles. The van der Waals surface area contributed by atoms with Gasteiger partial charge in [0.05, 0.1) is 0 Å². The zero-order chi connectivity index (χ0) is 22.2. The van der Waals surface area contributed by atoms with Gasteiger partial charge in [-0.25, -0.2) is 4.79 Å². The largest absolute Gasteiger partial charge is 0.436 e. The SMILES string of the molecule is NC(=O)[C@@H]1CCCN1C(=O)OC1c2ccccc2-c2cccc(CC3CCC(N)CC3)c21.